The fourth-order valence-electron chi connectivity index (χ4n) is 1.37. The molecule has 80 valence electrons. The molecule has 2 rings (SSSR count). The van der Waals surface area contributed by atoms with E-state index in [1.807, 2.05) is 22.9 Å². The second kappa shape index (κ2) is 4.88. The van der Waals surface area contributed by atoms with Gasteiger partial charge in [0.2, 0.25) is 0 Å². The van der Waals surface area contributed by atoms with Gasteiger partial charge < -0.3 is 5.32 Å². The van der Waals surface area contributed by atoms with Gasteiger partial charge in [0.15, 0.2) is 0 Å². The zero-order chi connectivity index (χ0) is 10.7. The van der Waals surface area contributed by atoms with Crippen LogP contribution in [0.4, 0.5) is 0 Å². The van der Waals surface area contributed by atoms with E-state index in [9.17, 15) is 0 Å². The van der Waals surface area contributed by atoms with Crippen LogP contribution in [0, 0.1) is 6.92 Å². The maximum absolute atomic E-state index is 4.25. The van der Waals surface area contributed by atoms with Gasteiger partial charge in [0, 0.05) is 33.9 Å². The van der Waals surface area contributed by atoms with Crippen molar-refractivity contribution in [3.8, 4) is 0 Å². The van der Waals surface area contributed by atoms with Gasteiger partial charge in [-0.05, 0) is 26.0 Å². The predicted molar refractivity (Wildman–Crippen MR) is 66.4 cm³/mol. The van der Waals surface area contributed by atoms with E-state index < -0.39 is 0 Å². The van der Waals surface area contributed by atoms with Crippen LogP contribution in [0.2, 0.25) is 0 Å². The molecule has 2 heterocycles. The number of hydrogen-bond acceptors (Lipinski definition) is 4. The van der Waals surface area contributed by atoms with Crippen molar-refractivity contribution in [3.05, 3.63) is 38.5 Å². The minimum atomic E-state index is 0.410. The summed E-state index contributed by atoms with van der Waals surface area (Å²) in [7, 11) is 0. The molecular weight excluding hydrogens is 224 g/mol. The summed E-state index contributed by atoms with van der Waals surface area (Å²) in [5.41, 5.74) is 0. The lowest BCUT2D eigenvalue weighted by Crippen LogP contribution is -2.16. The Bertz CT molecular complexity index is 406. The zero-order valence-electron chi connectivity index (χ0n) is 8.86. The summed E-state index contributed by atoms with van der Waals surface area (Å²) >= 11 is 3.55. The lowest BCUT2D eigenvalue weighted by Gasteiger charge is -2.10. The zero-order valence-corrected chi connectivity index (χ0v) is 10.5. The maximum Gasteiger partial charge on any atom is 0.106 e. The van der Waals surface area contributed by atoms with E-state index in [1.165, 1.54) is 9.75 Å². The molecule has 1 atom stereocenters. The molecule has 0 aliphatic carbocycles. The Morgan fingerprint density at radius 1 is 1.47 bits per heavy atom. The minimum Gasteiger partial charge on any atom is -0.303 e. The van der Waals surface area contributed by atoms with Gasteiger partial charge in [0.05, 0.1) is 0 Å². The SMILES string of the molecule is Cc1ccc(C(C)NCc2nccs2)s1. The van der Waals surface area contributed by atoms with Crippen molar-refractivity contribution in [2.75, 3.05) is 0 Å². The summed E-state index contributed by atoms with van der Waals surface area (Å²) in [6.45, 7) is 5.19. The first-order valence-corrected chi connectivity index (χ1v) is 6.63. The number of hydrogen-bond donors (Lipinski definition) is 1. The van der Waals surface area contributed by atoms with Crippen molar-refractivity contribution in [2.24, 2.45) is 0 Å². The molecule has 0 spiro atoms. The van der Waals surface area contributed by atoms with E-state index in [0.717, 1.165) is 11.6 Å². The average Bonchev–Trinajstić information content (AvgIpc) is 2.84. The third-order valence-corrected chi connectivity index (χ3v) is 4.19. The molecule has 2 aromatic heterocycles. The molecule has 0 saturated heterocycles. The van der Waals surface area contributed by atoms with Crippen LogP contribution < -0.4 is 5.32 Å². The molecule has 4 heteroatoms. The molecule has 0 fully saturated rings. The Hall–Kier alpha value is -0.710. The number of thiazole rings is 1. The summed E-state index contributed by atoms with van der Waals surface area (Å²) < 4.78 is 0. The molecule has 2 nitrogen and oxygen atoms in total. The van der Waals surface area contributed by atoms with Gasteiger partial charge in [-0.2, -0.15) is 0 Å². The Labute approximate surface area is 98.0 Å². The van der Waals surface area contributed by atoms with Gasteiger partial charge in [-0.3, -0.25) is 0 Å². The summed E-state index contributed by atoms with van der Waals surface area (Å²) in [5.74, 6) is 0. The quantitative estimate of drug-likeness (QED) is 0.883. The molecule has 15 heavy (non-hydrogen) atoms. The van der Waals surface area contributed by atoms with Gasteiger partial charge in [-0.15, -0.1) is 22.7 Å². The fraction of sp³-hybridized carbons (Fsp3) is 0.364. The van der Waals surface area contributed by atoms with Crippen LogP contribution in [0.25, 0.3) is 0 Å². The smallest absolute Gasteiger partial charge is 0.106 e. The van der Waals surface area contributed by atoms with Crippen LogP contribution in [0.1, 0.15) is 27.7 Å². The molecule has 0 aliphatic rings. The number of thiophene rings is 1. The summed E-state index contributed by atoms with van der Waals surface area (Å²) in [6, 6.07) is 4.77. The molecular formula is C11H14N2S2. The van der Waals surface area contributed by atoms with Crippen molar-refractivity contribution in [3.63, 3.8) is 0 Å². The normalized spacial score (nSPS) is 12.9. The first-order valence-electron chi connectivity index (χ1n) is 4.94. The fourth-order valence-corrected chi connectivity index (χ4v) is 2.84. The highest BCUT2D eigenvalue weighted by Crippen LogP contribution is 2.22. The number of aryl methyl sites for hydroxylation is 1. The largest absolute Gasteiger partial charge is 0.303 e. The van der Waals surface area contributed by atoms with E-state index in [1.54, 1.807) is 11.3 Å². The lowest BCUT2D eigenvalue weighted by atomic mass is 10.3. The monoisotopic (exact) mass is 238 g/mol. The first kappa shape index (κ1) is 10.8. The predicted octanol–water partition coefficient (Wildman–Crippen LogP) is 3.36. The number of nitrogens with zero attached hydrogens (tertiary/aromatic N) is 1. The Morgan fingerprint density at radius 3 is 2.93 bits per heavy atom. The van der Waals surface area contributed by atoms with Crippen LogP contribution in [-0.2, 0) is 6.54 Å². The Balaban J connectivity index is 1.90. The van der Waals surface area contributed by atoms with Crippen molar-refractivity contribution >= 4 is 22.7 Å². The van der Waals surface area contributed by atoms with E-state index in [-0.39, 0.29) is 0 Å². The van der Waals surface area contributed by atoms with Crippen LogP contribution in [-0.4, -0.2) is 4.98 Å². The topological polar surface area (TPSA) is 24.9 Å². The highest BCUT2D eigenvalue weighted by atomic mass is 32.1. The Morgan fingerprint density at radius 2 is 2.33 bits per heavy atom. The van der Waals surface area contributed by atoms with Crippen LogP contribution in [0.15, 0.2) is 23.7 Å². The van der Waals surface area contributed by atoms with Crippen molar-refractivity contribution < 1.29 is 0 Å². The molecule has 2 aromatic rings. The van der Waals surface area contributed by atoms with Crippen molar-refractivity contribution in [1.82, 2.24) is 10.3 Å². The van der Waals surface area contributed by atoms with E-state index in [2.05, 4.69) is 36.3 Å². The standard InChI is InChI=1S/C11H14N2S2/c1-8-3-4-10(15-8)9(2)13-7-11-12-5-6-14-11/h3-6,9,13H,7H2,1-2H3. The van der Waals surface area contributed by atoms with E-state index in [0.29, 0.717) is 6.04 Å². The molecule has 0 amide bonds. The summed E-state index contributed by atoms with van der Waals surface area (Å²) in [5, 5.41) is 6.63. The van der Waals surface area contributed by atoms with Crippen molar-refractivity contribution in [1.29, 1.82) is 0 Å². The van der Waals surface area contributed by atoms with Crippen LogP contribution in [0.5, 0.6) is 0 Å². The summed E-state index contributed by atoms with van der Waals surface area (Å²) in [6.07, 6.45) is 1.85. The van der Waals surface area contributed by atoms with Gasteiger partial charge in [-0.1, -0.05) is 0 Å². The maximum atomic E-state index is 4.25. The molecule has 1 N–H and O–H groups in total. The lowest BCUT2D eigenvalue weighted by molar-refractivity contribution is 0.581. The first-order chi connectivity index (χ1) is 7.25. The highest BCUT2D eigenvalue weighted by Gasteiger charge is 2.07. The van der Waals surface area contributed by atoms with Gasteiger partial charge >= 0.3 is 0 Å². The van der Waals surface area contributed by atoms with E-state index >= 15 is 0 Å². The van der Waals surface area contributed by atoms with Gasteiger partial charge in [0.25, 0.3) is 0 Å². The third kappa shape index (κ3) is 2.87. The molecule has 1 unspecified atom stereocenters. The van der Waals surface area contributed by atoms with Gasteiger partial charge in [-0.25, -0.2) is 4.98 Å². The number of aromatic nitrogens is 1. The molecule has 0 radical (unpaired) electrons. The van der Waals surface area contributed by atoms with Gasteiger partial charge in [0.1, 0.15) is 5.01 Å². The van der Waals surface area contributed by atoms with E-state index in [4.69, 9.17) is 0 Å². The van der Waals surface area contributed by atoms with Crippen LogP contribution >= 0.6 is 22.7 Å². The summed E-state index contributed by atoms with van der Waals surface area (Å²) in [4.78, 5) is 7.01. The third-order valence-electron chi connectivity index (χ3n) is 2.23. The number of rotatable bonds is 4. The molecule has 0 aromatic carbocycles. The van der Waals surface area contributed by atoms with Crippen molar-refractivity contribution in [2.45, 2.75) is 26.4 Å². The molecule has 0 saturated carbocycles. The Kier molecular flexibility index (Phi) is 3.51. The second-order valence-corrected chi connectivity index (χ2v) is 5.78. The second-order valence-electron chi connectivity index (χ2n) is 3.48. The average molecular weight is 238 g/mol. The van der Waals surface area contributed by atoms with Crippen LogP contribution in [0.3, 0.4) is 0 Å². The molecule has 0 aliphatic heterocycles. The highest BCUT2D eigenvalue weighted by molar-refractivity contribution is 7.12. The minimum absolute atomic E-state index is 0.410. The number of nitrogens with one attached hydrogen (secondary N) is 1. The molecule has 0 bridgehead atoms.